The molecule has 2 rings (SSSR count). The Bertz CT molecular complexity index is 701. The molecule has 1 amide bonds. The molecule has 1 fully saturated rings. The van der Waals surface area contributed by atoms with Crippen molar-refractivity contribution >= 4 is 5.91 Å². The summed E-state index contributed by atoms with van der Waals surface area (Å²) in [5.74, 6) is -0.0459. The third-order valence-electron chi connectivity index (χ3n) is 6.66. The average molecular weight is 499 g/mol. The topological polar surface area (TPSA) is 150 Å². The average Bonchev–Trinajstić information content (AvgIpc) is 3.33. The van der Waals surface area contributed by atoms with Gasteiger partial charge in [0.2, 0.25) is 5.91 Å². The van der Waals surface area contributed by atoms with Gasteiger partial charge in [-0.05, 0) is 6.42 Å². The van der Waals surface area contributed by atoms with E-state index in [-0.39, 0.29) is 12.5 Å². The Morgan fingerprint density at radius 2 is 1.49 bits per heavy atom. The molecule has 1 saturated heterocycles. The highest BCUT2D eigenvalue weighted by atomic mass is 16.6. The van der Waals surface area contributed by atoms with Gasteiger partial charge in [-0.1, -0.05) is 89.2 Å². The summed E-state index contributed by atoms with van der Waals surface area (Å²) >= 11 is 0. The highest BCUT2D eigenvalue weighted by molar-refractivity contribution is 5.75. The van der Waals surface area contributed by atoms with Crippen LogP contribution >= 0.6 is 0 Å². The highest BCUT2D eigenvalue weighted by Gasteiger charge is 2.44. The second-order valence-electron chi connectivity index (χ2n) is 9.68. The lowest BCUT2D eigenvalue weighted by atomic mass is 9.98. The zero-order valence-corrected chi connectivity index (χ0v) is 21.2. The van der Waals surface area contributed by atoms with Gasteiger partial charge in [0.15, 0.2) is 6.23 Å². The summed E-state index contributed by atoms with van der Waals surface area (Å²) in [6.45, 7) is 1.92. The molecule has 10 heteroatoms. The van der Waals surface area contributed by atoms with E-state index in [0.717, 1.165) is 19.3 Å². The summed E-state index contributed by atoms with van der Waals surface area (Å²) in [4.78, 5) is 12.1. The normalized spacial score (nSPS) is 24.5. The Labute approximate surface area is 209 Å². The maximum atomic E-state index is 12.1. The molecule has 5 N–H and O–H groups in total. The molecule has 0 bridgehead atoms. The van der Waals surface area contributed by atoms with Crippen molar-refractivity contribution in [1.82, 2.24) is 20.3 Å². The molecule has 1 aromatic rings. The van der Waals surface area contributed by atoms with Crippen molar-refractivity contribution in [2.75, 3.05) is 6.61 Å². The third kappa shape index (κ3) is 10.5. The molecule has 0 radical (unpaired) electrons. The SMILES string of the molecule is CCCCCCCCCCCCCCCC(=O)NCc1cn([C@@H]2O[C@H](CO)[C@@H](O)[C@H](O)[C@H]2O)nn1. The van der Waals surface area contributed by atoms with Crippen LogP contribution in [0.15, 0.2) is 6.20 Å². The molecule has 0 saturated carbocycles. The number of amides is 1. The van der Waals surface area contributed by atoms with Crippen molar-refractivity contribution < 1.29 is 30.0 Å². The summed E-state index contributed by atoms with van der Waals surface area (Å²) in [6.07, 6.45) is 11.9. The Morgan fingerprint density at radius 3 is 2.06 bits per heavy atom. The zero-order chi connectivity index (χ0) is 25.5. The highest BCUT2D eigenvalue weighted by Crippen LogP contribution is 2.27. The second-order valence-corrected chi connectivity index (χ2v) is 9.68. The van der Waals surface area contributed by atoms with Crippen LogP contribution in [0.2, 0.25) is 0 Å². The van der Waals surface area contributed by atoms with Crippen LogP contribution in [0.4, 0.5) is 0 Å². The summed E-state index contributed by atoms with van der Waals surface area (Å²) in [5, 5.41) is 50.0. The predicted octanol–water partition coefficient (Wildman–Crippen LogP) is 2.35. The molecule has 1 aliphatic rings. The van der Waals surface area contributed by atoms with Crippen LogP contribution in [0.1, 0.15) is 109 Å². The van der Waals surface area contributed by atoms with Crippen LogP contribution in [0.3, 0.4) is 0 Å². The first-order valence-corrected chi connectivity index (χ1v) is 13.5. The van der Waals surface area contributed by atoms with Gasteiger partial charge < -0.3 is 30.5 Å². The molecule has 202 valence electrons. The molecule has 1 aliphatic heterocycles. The molecule has 0 aliphatic carbocycles. The van der Waals surface area contributed by atoms with Crippen molar-refractivity contribution in [3.05, 3.63) is 11.9 Å². The van der Waals surface area contributed by atoms with Crippen molar-refractivity contribution in [2.45, 2.75) is 134 Å². The van der Waals surface area contributed by atoms with Gasteiger partial charge in [0.05, 0.1) is 19.3 Å². The molecule has 1 aromatic heterocycles. The molecule has 0 spiro atoms. The Kier molecular flexibility index (Phi) is 14.4. The van der Waals surface area contributed by atoms with E-state index in [1.807, 2.05) is 0 Å². The lowest BCUT2D eigenvalue weighted by molar-refractivity contribution is -0.254. The molecule has 2 heterocycles. The third-order valence-corrected chi connectivity index (χ3v) is 6.66. The fraction of sp³-hybridized carbons (Fsp3) is 0.880. The molecular formula is C25H46N4O6. The monoisotopic (exact) mass is 498 g/mol. The minimum atomic E-state index is -1.49. The molecule has 5 atom stereocenters. The minimum absolute atomic E-state index is 0.0459. The van der Waals surface area contributed by atoms with Gasteiger partial charge in [0.25, 0.3) is 0 Å². The number of aliphatic hydroxyl groups is 4. The maximum Gasteiger partial charge on any atom is 0.220 e. The van der Waals surface area contributed by atoms with E-state index >= 15 is 0 Å². The minimum Gasteiger partial charge on any atom is -0.394 e. The van der Waals surface area contributed by atoms with E-state index in [2.05, 4.69) is 22.6 Å². The number of hydrogen-bond acceptors (Lipinski definition) is 8. The number of carbonyl (C=O) groups excluding carboxylic acids is 1. The first kappa shape index (κ1) is 29.6. The summed E-state index contributed by atoms with van der Waals surface area (Å²) < 4.78 is 6.67. The van der Waals surface area contributed by atoms with E-state index in [9.17, 15) is 25.2 Å². The number of rotatable bonds is 18. The Hall–Kier alpha value is -1.59. The van der Waals surface area contributed by atoms with E-state index in [1.54, 1.807) is 0 Å². The fourth-order valence-electron chi connectivity index (χ4n) is 4.40. The van der Waals surface area contributed by atoms with Crippen molar-refractivity contribution in [3.63, 3.8) is 0 Å². The van der Waals surface area contributed by atoms with E-state index in [1.165, 1.54) is 75.1 Å². The second kappa shape index (κ2) is 17.0. The van der Waals surface area contributed by atoms with Crippen LogP contribution in [0.25, 0.3) is 0 Å². The quantitative estimate of drug-likeness (QED) is 0.194. The summed E-state index contributed by atoms with van der Waals surface area (Å²) in [6, 6.07) is 0. The summed E-state index contributed by atoms with van der Waals surface area (Å²) in [7, 11) is 0. The first-order chi connectivity index (χ1) is 17.0. The molecule has 10 nitrogen and oxygen atoms in total. The van der Waals surface area contributed by atoms with Crippen LogP contribution in [0.5, 0.6) is 0 Å². The Balaban J connectivity index is 1.53. The van der Waals surface area contributed by atoms with Crippen LogP contribution in [-0.2, 0) is 16.1 Å². The number of nitrogens with zero attached hydrogens (tertiary/aromatic N) is 3. The van der Waals surface area contributed by atoms with Gasteiger partial charge >= 0.3 is 0 Å². The largest absolute Gasteiger partial charge is 0.394 e. The first-order valence-electron chi connectivity index (χ1n) is 13.5. The Morgan fingerprint density at radius 1 is 0.914 bits per heavy atom. The van der Waals surface area contributed by atoms with Crippen LogP contribution < -0.4 is 5.32 Å². The van der Waals surface area contributed by atoms with Gasteiger partial charge in [-0.25, -0.2) is 4.68 Å². The fourth-order valence-corrected chi connectivity index (χ4v) is 4.40. The molecule has 0 unspecified atom stereocenters. The van der Waals surface area contributed by atoms with Gasteiger partial charge in [-0.3, -0.25) is 4.79 Å². The van der Waals surface area contributed by atoms with Crippen molar-refractivity contribution in [3.8, 4) is 0 Å². The maximum absolute atomic E-state index is 12.1. The van der Waals surface area contributed by atoms with Gasteiger partial charge in [0.1, 0.15) is 30.1 Å². The molecular weight excluding hydrogens is 452 g/mol. The standard InChI is InChI=1S/C25H46N4O6/c1-2-3-4-5-6-7-8-9-10-11-12-13-14-15-21(31)26-16-19-17-29(28-27-19)25-24(34)23(33)22(32)20(18-30)35-25/h17,20,22-25,30,32-34H,2-16,18H2,1H3,(H,26,31)/t20-,22-,23+,24-,25-/m1/s1. The number of ether oxygens (including phenoxy) is 1. The van der Waals surface area contributed by atoms with E-state index in [4.69, 9.17) is 4.74 Å². The van der Waals surface area contributed by atoms with Crippen molar-refractivity contribution in [2.24, 2.45) is 0 Å². The lowest BCUT2D eigenvalue weighted by Gasteiger charge is -2.39. The van der Waals surface area contributed by atoms with Gasteiger partial charge in [0, 0.05) is 6.42 Å². The number of hydrogen-bond donors (Lipinski definition) is 5. The smallest absolute Gasteiger partial charge is 0.220 e. The zero-order valence-electron chi connectivity index (χ0n) is 21.2. The number of carbonyl (C=O) groups is 1. The van der Waals surface area contributed by atoms with Crippen LogP contribution in [-0.4, -0.2) is 72.3 Å². The number of aliphatic hydroxyl groups excluding tert-OH is 4. The van der Waals surface area contributed by atoms with Gasteiger partial charge in [-0.2, -0.15) is 0 Å². The van der Waals surface area contributed by atoms with Crippen LogP contribution in [0, 0.1) is 0 Å². The number of nitrogens with one attached hydrogen (secondary N) is 1. The number of aromatic nitrogens is 3. The number of unbranched alkanes of at least 4 members (excludes halogenated alkanes) is 12. The molecule has 35 heavy (non-hydrogen) atoms. The van der Waals surface area contributed by atoms with Crippen molar-refractivity contribution in [1.29, 1.82) is 0 Å². The molecule has 0 aromatic carbocycles. The van der Waals surface area contributed by atoms with E-state index < -0.39 is 37.3 Å². The van der Waals surface area contributed by atoms with E-state index in [0.29, 0.717) is 12.1 Å². The summed E-state index contributed by atoms with van der Waals surface area (Å²) in [5.41, 5.74) is 0.473. The predicted molar refractivity (Wildman–Crippen MR) is 131 cm³/mol. The van der Waals surface area contributed by atoms with Gasteiger partial charge in [-0.15, -0.1) is 5.10 Å². The lowest BCUT2D eigenvalue weighted by Crippen LogP contribution is -2.56.